The number of rotatable bonds is 4. The van der Waals surface area contributed by atoms with Crippen LogP contribution in [-0.2, 0) is 4.79 Å². The molecule has 0 radical (unpaired) electrons. The van der Waals surface area contributed by atoms with Crippen LogP contribution in [-0.4, -0.2) is 25.8 Å². The molecule has 2 heteroatoms. The molecule has 0 bridgehead atoms. The fourth-order valence-corrected chi connectivity index (χ4v) is 5.82. The van der Waals surface area contributed by atoms with E-state index in [0.717, 1.165) is 6.29 Å². The van der Waals surface area contributed by atoms with Gasteiger partial charge in [-0.15, -0.1) is 0 Å². The zero-order valence-electron chi connectivity index (χ0n) is 10.9. The van der Waals surface area contributed by atoms with Gasteiger partial charge in [-0.2, -0.15) is 0 Å². The summed E-state index contributed by atoms with van der Waals surface area (Å²) < 4.78 is 0. The number of benzene rings is 2. The van der Waals surface area contributed by atoms with Crippen LogP contribution < -0.4 is 10.6 Å². The van der Waals surface area contributed by atoms with Gasteiger partial charge in [0.2, 0.25) is 0 Å². The Kier molecular flexibility index (Phi) is 3.36. The van der Waals surface area contributed by atoms with Gasteiger partial charge in [-0.25, -0.2) is 0 Å². The van der Waals surface area contributed by atoms with Crippen molar-refractivity contribution in [1.82, 2.24) is 0 Å². The molecule has 0 N–H and O–H groups in total. The van der Waals surface area contributed by atoms with E-state index in [4.69, 9.17) is 0 Å². The molecular weight excluding hydrogens is 239 g/mol. The van der Waals surface area contributed by atoms with Crippen LogP contribution in [0.5, 0.6) is 0 Å². The van der Waals surface area contributed by atoms with Crippen molar-refractivity contribution in [3.05, 3.63) is 60.7 Å². The first-order valence-electron chi connectivity index (χ1n) is 6.12. The Morgan fingerprint density at radius 2 is 1.22 bits per heavy atom. The quantitative estimate of drug-likeness (QED) is 0.608. The molecule has 2 aromatic rings. The molecule has 0 aromatic heterocycles. The van der Waals surface area contributed by atoms with Gasteiger partial charge >= 0.3 is 108 Å². The monoisotopic (exact) mass is 258 g/mol. The van der Waals surface area contributed by atoms with Crippen molar-refractivity contribution < 1.29 is 4.79 Å². The van der Waals surface area contributed by atoms with E-state index in [9.17, 15) is 4.79 Å². The van der Waals surface area contributed by atoms with Crippen LogP contribution in [0.2, 0.25) is 0 Å². The molecule has 0 aliphatic heterocycles. The second-order valence-electron chi connectivity index (χ2n) is 5.42. The van der Waals surface area contributed by atoms with Crippen molar-refractivity contribution in [3.63, 3.8) is 0 Å². The van der Waals surface area contributed by atoms with Crippen molar-refractivity contribution >= 4 is 23.5 Å². The molecular formula is C16H19OP. The molecule has 0 aliphatic rings. The molecule has 0 heterocycles. The minimum absolute atomic E-state index is 0.597. The Hall–Kier alpha value is -1.46. The Labute approximate surface area is 109 Å². The van der Waals surface area contributed by atoms with E-state index in [-0.39, 0.29) is 0 Å². The Morgan fingerprint density at radius 1 is 0.833 bits per heavy atom. The molecule has 1 nitrogen and oxygen atoms in total. The first kappa shape index (κ1) is 13.0. The summed E-state index contributed by atoms with van der Waals surface area (Å²) in [4.78, 5) is 11.2. The zero-order chi connectivity index (χ0) is 13.1. The normalized spacial score (nSPS) is 13.6. The fourth-order valence-electron chi connectivity index (χ4n) is 2.40. The average Bonchev–Trinajstić information content (AvgIpc) is 2.41. The molecule has 94 valence electrons. The van der Waals surface area contributed by atoms with E-state index in [1.54, 1.807) is 0 Å². The number of hydrogen-bond donors (Lipinski definition) is 0. The van der Waals surface area contributed by atoms with Crippen molar-refractivity contribution in [2.75, 3.05) is 19.5 Å². The van der Waals surface area contributed by atoms with E-state index >= 15 is 0 Å². The van der Waals surface area contributed by atoms with Crippen LogP contribution in [0.4, 0.5) is 0 Å². The van der Waals surface area contributed by atoms with Gasteiger partial charge in [0.05, 0.1) is 0 Å². The second-order valence-corrected chi connectivity index (χ2v) is 11.6. The van der Waals surface area contributed by atoms with Crippen LogP contribution >= 0.6 is 6.60 Å². The van der Waals surface area contributed by atoms with Gasteiger partial charge in [0.15, 0.2) is 0 Å². The van der Waals surface area contributed by atoms with Gasteiger partial charge < -0.3 is 0 Å². The number of aldehydes is 1. The van der Waals surface area contributed by atoms with Crippen LogP contribution in [0.15, 0.2) is 60.7 Å². The molecule has 2 rings (SSSR count). The molecule has 18 heavy (non-hydrogen) atoms. The molecule has 0 spiro atoms. The van der Waals surface area contributed by atoms with Gasteiger partial charge in [0, 0.05) is 0 Å². The number of carbonyl (C=O) groups is 1. The van der Waals surface area contributed by atoms with E-state index in [1.165, 1.54) is 10.6 Å². The van der Waals surface area contributed by atoms with Gasteiger partial charge in [-0.1, -0.05) is 0 Å². The summed E-state index contributed by atoms with van der Waals surface area (Å²) >= 11 is 0. The van der Waals surface area contributed by atoms with Crippen molar-refractivity contribution in [2.45, 2.75) is 0 Å². The maximum absolute atomic E-state index is 11.2. The maximum atomic E-state index is 11.2. The van der Waals surface area contributed by atoms with Crippen LogP contribution in [0.3, 0.4) is 0 Å². The fraction of sp³-hybridized carbons (Fsp3) is 0.188. The summed E-state index contributed by atoms with van der Waals surface area (Å²) in [7, 11) is 0. The predicted octanol–water partition coefficient (Wildman–Crippen LogP) is 2.65. The third kappa shape index (κ3) is 2.11. The second kappa shape index (κ2) is 4.66. The molecule has 0 saturated heterocycles. The molecule has 0 atom stereocenters. The van der Waals surface area contributed by atoms with Gasteiger partial charge in [-0.3, -0.25) is 0 Å². The third-order valence-electron chi connectivity index (χ3n) is 3.79. The number of hydrogen-bond acceptors (Lipinski definition) is 1. The Balaban J connectivity index is 2.67. The van der Waals surface area contributed by atoms with Gasteiger partial charge in [0.1, 0.15) is 0 Å². The zero-order valence-corrected chi connectivity index (χ0v) is 11.8. The van der Waals surface area contributed by atoms with Crippen LogP contribution in [0.1, 0.15) is 0 Å². The Bertz CT molecular complexity index is 488. The van der Waals surface area contributed by atoms with E-state index in [2.05, 4.69) is 61.9 Å². The first-order chi connectivity index (χ1) is 8.57. The molecule has 0 amide bonds. The molecule has 0 fully saturated rings. The number of carbonyl (C=O) groups excluding carboxylic acids is 1. The standard InChI is InChI=1S/C16H19OP/c1-18(2,14-13-17,15-9-5-3-6-10-15)16-11-7-4-8-12-16/h3-13H,14H2,1-2H3. The topological polar surface area (TPSA) is 17.1 Å². The van der Waals surface area contributed by atoms with Gasteiger partial charge in [-0.05, 0) is 0 Å². The molecule has 0 unspecified atom stereocenters. The molecule has 0 saturated carbocycles. The third-order valence-corrected chi connectivity index (χ3v) is 8.94. The Morgan fingerprint density at radius 3 is 1.56 bits per heavy atom. The summed E-state index contributed by atoms with van der Waals surface area (Å²) in [5.74, 6) is 0. The van der Waals surface area contributed by atoms with Crippen molar-refractivity contribution in [1.29, 1.82) is 0 Å². The minimum atomic E-state index is -2.36. The van der Waals surface area contributed by atoms with Crippen molar-refractivity contribution in [3.8, 4) is 0 Å². The van der Waals surface area contributed by atoms with Crippen LogP contribution in [0, 0.1) is 0 Å². The van der Waals surface area contributed by atoms with Gasteiger partial charge in [0.25, 0.3) is 0 Å². The summed E-state index contributed by atoms with van der Waals surface area (Å²) in [6.07, 6.45) is 1.66. The summed E-state index contributed by atoms with van der Waals surface area (Å²) in [5, 5.41) is 2.59. The van der Waals surface area contributed by atoms with Crippen LogP contribution in [0.25, 0.3) is 0 Å². The van der Waals surface area contributed by atoms with Crippen molar-refractivity contribution in [2.24, 2.45) is 0 Å². The van der Waals surface area contributed by atoms with E-state index in [1.807, 2.05) is 12.1 Å². The summed E-state index contributed by atoms with van der Waals surface area (Å²) in [6, 6.07) is 20.8. The summed E-state index contributed by atoms with van der Waals surface area (Å²) in [6.45, 7) is 2.18. The van der Waals surface area contributed by atoms with E-state index in [0.29, 0.717) is 6.16 Å². The summed E-state index contributed by atoms with van der Waals surface area (Å²) in [5.41, 5.74) is 0. The SMILES string of the molecule is CP(C)(CC=O)(c1ccccc1)c1ccccc1. The average molecular weight is 258 g/mol. The molecule has 2 aromatic carbocycles. The van der Waals surface area contributed by atoms with E-state index < -0.39 is 6.60 Å². The first-order valence-corrected chi connectivity index (χ1v) is 9.44. The predicted molar refractivity (Wildman–Crippen MR) is 81.9 cm³/mol. The molecule has 0 aliphatic carbocycles.